The van der Waals surface area contributed by atoms with E-state index in [4.69, 9.17) is 10.5 Å². The van der Waals surface area contributed by atoms with Crippen molar-refractivity contribution in [1.82, 2.24) is 15.4 Å². The lowest BCUT2D eigenvalue weighted by molar-refractivity contribution is 0.0996. The lowest BCUT2D eigenvalue weighted by Gasteiger charge is -2.08. The number of rotatable bonds is 3. The lowest BCUT2D eigenvalue weighted by atomic mass is 10.1. The number of hydrogen-bond donors (Lipinski definition) is 2. The first-order chi connectivity index (χ1) is 8.54. The van der Waals surface area contributed by atoms with Crippen LogP contribution in [0.2, 0.25) is 0 Å². The van der Waals surface area contributed by atoms with Gasteiger partial charge in [0, 0.05) is 10.0 Å². The second-order valence-electron chi connectivity index (χ2n) is 3.35. The van der Waals surface area contributed by atoms with Crippen molar-refractivity contribution in [3.8, 4) is 17.0 Å². The van der Waals surface area contributed by atoms with Gasteiger partial charge in [-0.25, -0.2) is 0 Å². The zero-order chi connectivity index (χ0) is 13.3. The van der Waals surface area contributed by atoms with Gasteiger partial charge in [0.15, 0.2) is 5.69 Å². The molecule has 0 saturated carbocycles. The fourth-order valence-electron chi connectivity index (χ4n) is 1.46. The Hall–Kier alpha value is -1.41. The minimum atomic E-state index is -0.646. The number of amides is 1. The van der Waals surface area contributed by atoms with E-state index >= 15 is 0 Å². The number of nitrogens with one attached hydrogen (secondary N) is 1. The monoisotopic (exact) mass is 374 g/mol. The Bertz CT molecular complexity index is 612. The quantitative estimate of drug-likeness (QED) is 0.858. The number of hydrogen-bond acceptors (Lipinski definition) is 4. The molecule has 2 rings (SSSR count). The average molecular weight is 376 g/mol. The van der Waals surface area contributed by atoms with E-state index in [1.165, 1.54) is 0 Å². The molecule has 0 aliphatic rings. The molecule has 1 heterocycles. The van der Waals surface area contributed by atoms with Crippen molar-refractivity contribution >= 4 is 37.8 Å². The lowest BCUT2D eigenvalue weighted by Crippen LogP contribution is -2.12. The molecule has 6 nitrogen and oxygen atoms in total. The number of ether oxygens (including phenoxy) is 1. The highest BCUT2D eigenvalue weighted by Crippen LogP contribution is 2.36. The fourth-order valence-corrected chi connectivity index (χ4v) is 2.80. The van der Waals surface area contributed by atoms with Crippen LogP contribution >= 0.6 is 31.9 Å². The van der Waals surface area contributed by atoms with E-state index in [-0.39, 0.29) is 5.69 Å². The van der Waals surface area contributed by atoms with Gasteiger partial charge in [0.25, 0.3) is 5.91 Å². The summed E-state index contributed by atoms with van der Waals surface area (Å²) in [5, 5.41) is 10.0. The maximum atomic E-state index is 11.2. The van der Waals surface area contributed by atoms with Gasteiger partial charge in [0.2, 0.25) is 0 Å². The van der Waals surface area contributed by atoms with Crippen LogP contribution in [-0.4, -0.2) is 28.4 Å². The summed E-state index contributed by atoms with van der Waals surface area (Å²) in [4.78, 5) is 11.2. The van der Waals surface area contributed by atoms with Crippen molar-refractivity contribution in [2.45, 2.75) is 0 Å². The summed E-state index contributed by atoms with van der Waals surface area (Å²) in [6, 6.07) is 3.53. The van der Waals surface area contributed by atoms with Crippen LogP contribution in [0.1, 0.15) is 10.5 Å². The van der Waals surface area contributed by atoms with Crippen molar-refractivity contribution in [2.24, 2.45) is 5.73 Å². The van der Waals surface area contributed by atoms with E-state index in [0.717, 1.165) is 8.95 Å². The molecule has 0 bridgehead atoms. The fraction of sp³-hybridized carbons (Fsp3) is 0.100. The highest BCUT2D eigenvalue weighted by Gasteiger charge is 2.19. The minimum absolute atomic E-state index is 0.0834. The van der Waals surface area contributed by atoms with Crippen LogP contribution in [0.5, 0.6) is 5.75 Å². The van der Waals surface area contributed by atoms with Gasteiger partial charge in [-0.1, -0.05) is 15.9 Å². The maximum absolute atomic E-state index is 11.2. The molecule has 0 unspecified atom stereocenters. The Morgan fingerprint density at radius 1 is 1.33 bits per heavy atom. The summed E-state index contributed by atoms with van der Waals surface area (Å²) in [5.74, 6) is -0.0286. The summed E-state index contributed by atoms with van der Waals surface area (Å²) in [6.45, 7) is 0. The highest BCUT2D eigenvalue weighted by atomic mass is 79.9. The molecule has 0 radical (unpaired) electrons. The summed E-state index contributed by atoms with van der Waals surface area (Å²) >= 11 is 6.76. The van der Waals surface area contributed by atoms with Gasteiger partial charge in [-0.05, 0) is 28.1 Å². The maximum Gasteiger partial charge on any atom is 0.271 e. The standard InChI is InChI=1S/C10H8Br2N4O2/c1-18-7-2-4(5(11)3-6(7)12)8-9(10(13)17)15-16-14-8/h2-3H,1H3,(H2,13,17)(H,14,15,16). The van der Waals surface area contributed by atoms with Gasteiger partial charge in [0.05, 0.1) is 11.6 Å². The van der Waals surface area contributed by atoms with Crippen LogP contribution in [0.25, 0.3) is 11.3 Å². The number of carbonyl (C=O) groups excluding carboxylic acids is 1. The Kier molecular flexibility index (Phi) is 3.67. The van der Waals surface area contributed by atoms with Crippen molar-refractivity contribution in [3.63, 3.8) is 0 Å². The molecular weight excluding hydrogens is 368 g/mol. The number of nitrogens with zero attached hydrogens (tertiary/aromatic N) is 2. The smallest absolute Gasteiger partial charge is 0.271 e. The third-order valence-electron chi connectivity index (χ3n) is 2.28. The van der Waals surface area contributed by atoms with Gasteiger partial charge in [-0.2, -0.15) is 15.4 Å². The summed E-state index contributed by atoms with van der Waals surface area (Å²) in [5.41, 5.74) is 6.35. The number of halogens is 2. The van der Waals surface area contributed by atoms with Crippen molar-refractivity contribution in [3.05, 3.63) is 26.8 Å². The number of methoxy groups -OCH3 is 1. The molecule has 8 heteroatoms. The summed E-state index contributed by atoms with van der Waals surface area (Å²) < 4.78 is 6.72. The number of aromatic nitrogens is 3. The number of carbonyl (C=O) groups is 1. The van der Waals surface area contributed by atoms with Crippen LogP contribution in [-0.2, 0) is 0 Å². The zero-order valence-electron chi connectivity index (χ0n) is 9.20. The largest absolute Gasteiger partial charge is 0.496 e. The predicted molar refractivity (Wildman–Crippen MR) is 72.3 cm³/mol. The minimum Gasteiger partial charge on any atom is -0.496 e. The summed E-state index contributed by atoms with van der Waals surface area (Å²) in [6.07, 6.45) is 0. The van der Waals surface area contributed by atoms with E-state index in [0.29, 0.717) is 17.0 Å². The molecule has 1 aromatic carbocycles. The highest BCUT2D eigenvalue weighted by molar-refractivity contribution is 9.11. The average Bonchev–Trinajstić information content (AvgIpc) is 2.78. The summed E-state index contributed by atoms with van der Waals surface area (Å²) in [7, 11) is 1.55. The van der Waals surface area contributed by atoms with E-state index < -0.39 is 5.91 Å². The molecule has 3 N–H and O–H groups in total. The van der Waals surface area contributed by atoms with E-state index in [1.807, 2.05) is 0 Å². The van der Waals surface area contributed by atoms with Crippen LogP contribution in [0, 0.1) is 0 Å². The third-order valence-corrected chi connectivity index (χ3v) is 3.55. The van der Waals surface area contributed by atoms with Gasteiger partial charge < -0.3 is 10.5 Å². The van der Waals surface area contributed by atoms with Crippen LogP contribution in [0.15, 0.2) is 21.1 Å². The van der Waals surface area contributed by atoms with Crippen LogP contribution in [0.3, 0.4) is 0 Å². The molecule has 0 fully saturated rings. The van der Waals surface area contributed by atoms with Crippen molar-refractivity contribution in [2.75, 3.05) is 7.11 Å². The van der Waals surface area contributed by atoms with E-state index in [9.17, 15) is 4.79 Å². The van der Waals surface area contributed by atoms with Gasteiger partial charge >= 0.3 is 0 Å². The second kappa shape index (κ2) is 5.07. The SMILES string of the molecule is COc1cc(-c2n[nH]nc2C(N)=O)c(Br)cc1Br. The van der Waals surface area contributed by atoms with Gasteiger partial charge in [-0.15, -0.1) is 0 Å². The first-order valence-electron chi connectivity index (χ1n) is 4.78. The molecule has 1 aromatic heterocycles. The molecule has 18 heavy (non-hydrogen) atoms. The first kappa shape index (κ1) is 13.0. The Balaban J connectivity index is 2.63. The van der Waals surface area contributed by atoms with E-state index in [2.05, 4.69) is 47.3 Å². The molecule has 0 aliphatic carbocycles. The Morgan fingerprint density at radius 3 is 2.67 bits per heavy atom. The van der Waals surface area contributed by atoms with Crippen LogP contribution in [0.4, 0.5) is 0 Å². The third kappa shape index (κ3) is 2.25. The van der Waals surface area contributed by atoms with Crippen molar-refractivity contribution < 1.29 is 9.53 Å². The van der Waals surface area contributed by atoms with Gasteiger partial charge in [-0.3, -0.25) is 4.79 Å². The zero-order valence-corrected chi connectivity index (χ0v) is 12.4. The molecule has 0 atom stereocenters. The topological polar surface area (TPSA) is 93.9 Å². The Labute approximate surface area is 119 Å². The van der Waals surface area contributed by atoms with Crippen molar-refractivity contribution in [1.29, 1.82) is 0 Å². The number of primary amides is 1. The van der Waals surface area contributed by atoms with E-state index in [1.54, 1.807) is 19.2 Å². The molecule has 1 amide bonds. The molecule has 2 aromatic rings. The molecule has 0 saturated heterocycles. The molecular formula is C10H8Br2N4O2. The normalized spacial score (nSPS) is 10.4. The number of H-pyrrole nitrogens is 1. The first-order valence-corrected chi connectivity index (χ1v) is 6.37. The number of benzene rings is 1. The molecule has 94 valence electrons. The molecule has 0 spiro atoms. The molecule has 0 aliphatic heterocycles. The predicted octanol–water partition coefficient (Wildman–Crippen LogP) is 2.10. The number of nitrogens with two attached hydrogens (primary N) is 1. The van der Waals surface area contributed by atoms with Crippen LogP contribution < -0.4 is 10.5 Å². The number of aromatic amines is 1. The Morgan fingerprint density at radius 2 is 2.06 bits per heavy atom. The van der Waals surface area contributed by atoms with Gasteiger partial charge in [0.1, 0.15) is 11.4 Å². The second-order valence-corrected chi connectivity index (χ2v) is 5.06.